The molecular weight excluding hydrogens is 231 g/mol. The van der Waals surface area contributed by atoms with Crippen molar-refractivity contribution in [2.75, 3.05) is 0 Å². The summed E-state index contributed by atoms with van der Waals surface area (Å²) in [6.45, 7) is 1.74. The van der Waals surface area contributed by atoms with Gasteiger partial charge in [0, 0.05) is 22.6 Å². The molecular formula is C5H3IN2O. The minimum Gasteiger partial charge on any atom is -0.421 e. The summed E-state index contributed by atoms with van der Waals surface area (Å²) < 4.78 is 5.39. The number of aryl methyl sites for hydroxylation is 1. The molecule has 0 unspecified atom stereocenters. The zero-order valence-corrected chi connectivity index (χ0v) is 6.84. The third kappa shape index (κ3) is 1.21. The molecule has 0 amide bonds. The van der Waals surface area contributed by atoms with Gasteiger partial charge >= 0.3 is 0 Å². The molecule has 0 aromatic carbocycles. The Morgan fingerprint density at radius 1 is 1.78 bits per heavy atom. The minimum absolute atomic E-state index is 0.305. The fourth-order valence-corrected chi connectivity index (χ4v) is 1.05. The molecule has 1 rings (SSSR count). The van der Waals surface area contributed by atoms with Gasteiger partial charge in [-0.3, -0.25) is 0 Å². The lowest BCUT2D eigenvalue weighted by Gasteiger charge is -1.73. The normalized spacial score (nSPS) is 9.00. The van der Waals surface area contributed by atoms with E-state index in [9.17, 15) is 0 Å². The topological polar surface area (TPSA) is 49.8 Å². The number of hydrogen-bond donors (Lipinski definition) is 0. The molecule has 1 aromatic rings. The molecule has 1 aromatic heterocycles. The summed E-state index contributed by atoms with van der Waals surface area (Å²) in [5.41, 5.74) is 0.655. The molecule has 0 fully saturated rings. The predicted octanol–water partition coefficient (Wildman–Crippen LogP) is 1.46. The largest absolute Gasteiger partial charge is 0.421 e. The molecule has 3 nitrogen and oxygen atoms in total. The number of rotatable bonds is 0. The van der Waals surface area contributed by atoms with E-state index in [-0.39, 0.29) is 0 Å². The first-order valence-corrected chi connectivity index (χ1v) is 3.35. The quantitative estimate of drug-likeness (QED) is 0.638. The van der Waals surface area contributed by atoms with Crippen LogP contribution in [-0.4, -0.2) is 4.98 Å². The molecule has 0 aliphatic heterocycles. The highest BCUT2D eigenvalue weighted by Gasteiger charge is 2.03. The number of nitrogens with zero attached hydrogens (tertiary/aromatic N) is 2. The monoisotopic (exact) mass is 234 g/mol. The first-order chi connectivity index (χ1) is 4.24. The average molecular weight is 234 g/mol. The molecule has 0 atom stereocenters. The Morgan fingerprint density at radius 2 is 2.44 bits per heavy atom. The summed E-state index contributed by atoms with van der Waals surface area (Å²) in [6, 6.07) is 1.88. The van der Waals surface area contributed by atoms with Crippen molar-refractivity contribution in [1.82, 2.24) is 4.98 Å². The summed E-state index contributed by atoms with van der Waals surface area (Å²) >= 11 is 1.92. The summed E-state index contributed by atoms with van der Waals surface area (Å²) in [4.78, 5) is 3.88. The van der Waals surface area contributed by atoms with Crippen LogP contribution >= 0.6 is 22.6 Å². The molecule has 0 saturated heterocycles. The SMILES string of the molecule is Cc1nc(I)oc1C#N. The Kier molecular flexibility index (Phi) is 1.71. The second-order valence-corrected chi connectivity index (χ2v) is 2.42. The van der Waals surface area contributed by atoms with Crippen molar-refractivity contribution in [3.8, 4) is 6.07 Å². The van der Waals surface area contributed by atoms with E-state index in [4.69, 9.17) is 9.68 Å². The Balaban J connectivity index is 3.20. The molecule has 9 heavy (non-hydrogen) atoms. The van der Waals surface area contributed by atoms with Crippen LogP contribution in [0.5, 0.6) is 0 Å². The van der Waals surface area contributed by atoms with Gasteiger partial charge in [-0.15, -0.1) is 0 Å². The Morgan fingerprint density at radius 3 is 2.67 bits per heavy atom. The van der Waals surface area contributed by atoms with Gasteiger partial charge in [0.25, 0.3) is 3.90 Å². The van der Waals surface area contributed by atoms with E-state index in [1.54, 1.807) is 6.92 Å². The van der Waals surface area contributed by atoms with Crippen molar-refractivity contribution < 1.29 is 4.42 Å². The first-order valence-electron chi connectivity index (χ1n) is 2.27. The van der Waals surface area contributed by atoms with Crippen molar-refractivity contribution in [2.45, 2.75) is 6.92 Å². The van der Waals surface area contributed by atoms with Crippen LogP contribution < -0.4 is 0 Å². The highest BCUT2D eigenvalue weighted by Crippen LogP contribution is 2.09. The fourth-order valence-electron chi connectivity index (χ4n) is 0.467. The Labute approximate surface area is 65.8 Å². The highest BCUT2D eigenvalue weighted by atomic mass is 127. The molecule has 0 saturated carbocycles. The van der Waals surface area contributed by atoms with Gasteiger partial charge in [-0.25, -0.2) is 4.98 Å². The molecule has 0 N–H and O–H groups in total. The Bertz CT molecular complexity index is 260. The smallest absolute Gasteiger partial charge is 0.258 e. The zero-order chi connectivity index (χ0) is 6.85. The maximum absolute atomic E-state index is 8.34. The number of halogens is 1. The van der Waals surface area contributed by atoms with Gasteiger partial charge in [-0.1, -0.05) is 0 Å². The molecule has 4 heteroatoms. The van der Waals surface area contributed by atoms with Crippen molar-refractivity contribution in [2.24, 2.45) is 0 Å². The highest BCUT2D eigenvalue weighted by molar-refractivity contribution is 14.1. The number of nitriles is 1. The van der Waals surface area contributed by atoms with Crippen molar-refractivity contribution in [3.05, 3.63) is 15.4 Å². The maximum Gasteiger partial charge on any atom is 0.258 e. The van der Waals surface area contributed by atoms with Gasteiger partial charge in [-0.2, -0.15) is 5.26 Å². The molecule has 0 radical (unpaired) electrons. The van der Waals surface area contributed by atoms with Crippen molar-refractivity contribution >= 4 is 22.6 Å². The van der Waals surface area contributed by atoms with E-state index in [2.05, 4.69) is 4.98 Å². The van der Waals surface area contributed by atoms with E-state index < -0.39 is 0 Å². The van der Waals surface area contributed by atoms with Crippen LogP contribution in [-0.2, 0) is 0 Å². The van der Waals surface area contributed by atoms with Gasteiger partial charge in [0.05, 0.1) is 5.69 Å². The van der Waals surface area contributed by atoms with Crippen molar-refractivity contribution in [1.29, 1.82) is 5.26 Å². The molecule has 0 spiro atoms. The number of aromatic nitrogens is 1. The number of oxazole rings is 1. The molecule has 0 aliphatic rings. The standard InChI is InChI=1S/C5H3IN2O/c1-3-4(2-7)9-5(6)8-3/h1H3. The van der Waals surface area contributed by atoms with Crippen molar-refractivity contribution in [3.63, 3.8) is 0 Å². The van der Waals surface area contributed by atoms with Crippen LogP contribution in [0.15, 0.2) is 4.42 Å². The number of hydrogen-bond acceptors (Lipinski definition) is 3. The third-order valence-electron chi connectivity index (χ3n) is 0.872. The molecule has 46 valence electrons. The fraction of sp³-hybridized carbons (Fsp3) is 0.200. The maximum atomic E-state index is 8.34. The lowest BCUT2D eigenvalue weighted by molar-refractivity contribution is 0.512. The predicted molar refractivity (Wildman–Crippen MR) is 38.7 cm³/mol. The molecule has 0 aliphatic carbocycles. The lowest BCUT2D eigenvalue weighted by Crippen LogP contribution is -1.72. The third-order valence-corrected chi connectivity index (χ3v) is 1.33. The van der Waals surface area contributed by atoms with E-state index >= 15 is 0 Å². The van der Waals surface area contributed by atoms with Gasteiger partial charge in [-0.05, 0) is 6.92 Å². The van der Waals surface area contributed by atoms with E-state index in [0.717, 1.165) is 0 Å². The van der Waals surface area contributed by atoms with Gasteiger partial charge in [0.2, 0.25) is 5.76 Å². The van der Waals surface area contributed by atoms with Gasteiger partial charge in [0.1, 0.15) is 6.07 Å². The van der Waals surface area contributed by atoms with Crippen LogP contribution in [0, 0.1) is 22.2 Å². The van der Waals surface area contributed by atoms with Gasteiger partial charge < -0.3 is 4.42 Å². The first kappa shape index (κ1) is 6.55. The van der Waals surface area contributed by atoms with Crippen LogP contribution in [0.1, 0.15) is 11.5 Å². The second kappa shape index (κ2) is 2.35. The van der Waals surface area contributed by atoms with E-state index in [0.29, 0.717) is 15.4 Å². The van der Waals surface area contributed by atoms with Crippen LogP contribution in [0.4, 0.5) is 0 Å². The van der Waals surface area contributed by atoms with E-state index in [1.165, 1.54) is 0 Å². The van der Waals surface area contributed by atoms with E-state index in [1.807, 2.05) is 28.7 Å². The summed E-state index contributed by atoms with van der Waals surface area (Å²) in [5, 5.41) is 8.34. The molecule has 0 bridgehead atoms. The summed E-state index contributed by atoms with van der Waals surface area (Å²) in [6.07, 6.45) is 0. The van der Waals surface area contributed by atoms with Crippen LogP contribution in [0.25, 0.3) is 0 Å². The Hall–Kier alpha value is -0.570. The summed E-state index contributed by atoms with van der Waals surface area (Å²) in [7, 11) is 0. The van der Waals surface area contributed by atoms with Crippen LogP contribution in [0.3, 0.4) is 0 Å². The second-order valence-electron chi connectivity index (χ2n) is 1.49. The lowest BCUT2D eigenvalue weighted by atomic mass is 10.4. The zero-order valence-electron chi connectivity index (χ0n) is 4.68. The van der Waals surface area contributed by atoms with Crippen LogP contribution in [0.2, 0.25) is 0 Å². The minimum atomic E-state index is 0.305. The average Bonchev–Trinajstić information content (AvgIpc) is 2.10. The van der Waals surface area contributed by atoms with Gasteiger partial charge in [0.15, 0.2) is 0 Å². The summed E-state index contributed by atoms with van der Waals surface area (Å²) in [5.74, 6) is 0.305. The molecule has 1 heterocycles.